The molecule has 3 nitrogen and oxygen atoms in total. The number of likely N-dealkylation sites (tertiary alicyclic amines) is 1. The summed E-state index contributed by atoms with van der Waals surface area (Å²) in [4.78, 5) is 15.2. The van der Waals surface area contributed by atoms with Crippen LogP contribution in [0.4, 0.5) is 5.69 Å². The van der Waals surface area contributed by atoms with E-state index in [0.717, 1.165) is 49.6 Å². The maximum atomic E-state index is 12.7. The van der Waals surface area contributed by atoms with Gasteiger partial charge in [0, 0.05) is 36.8 Å². The molecule has 26 heavy (non-hydrogen) atoms. The number of piperidine rings is 1. The van der Waals surface area contributed by atoms with Gasteiger partial charge in [0.05, 0.1) is 5.54 Å². The van der Waals surface area contributed by atoms with Crippen molar-refractivity contribution in [1.29, 1.82) is 0 Å². The topological polar surface area (TPSA) is 32.3 Å². The molecule has 1 saturated heterocycles. The van der Waals surface area contributed by atoms with E-state index in [1.54, 1.807) is 0 Å². The zero-order chi connectivity index (χ0) is 18.4. The Morgan fingerprint density at radius 1 is 1.08 bits per heavy atom. The average Bonchev–Trinajstić information content (AvgIpc) is 2.69. The lowest BCUT2D eigenvalue weighted by Gasteiger charge is -2.42. The van der Waals surface area contributed by atoms with Crippen molar-refractivity contribution in [3.63, 3.8) is 0 Å². The number of ketones is 1. The van der Waals surface area contributed by atoms with Crippen LogP contribution in [0.3, 0.4) is 0 Å². The van der Waals surface area contributed by atoms with E-state index < -0.39 is 5.54 Å². The molecule has 0 radical (unpaired) electrons. The molecule has 3 rings (SSSR count). The molecular formula is C22H27ClN2O. The Hall–Kier alpha value is -1.84. The van der Waals surface area contributed by atoms with Crippen LogP contribution in [0.15, 0.2) is 54.6 Å². The summed E-state index contributed by atoms with van der Waals surface area (Å²) < 4.78 is 0. The zero-order valence-electron chi connectivity index (χ0n) is 15.4. The number of benzene rings is 2. The molecule has 1 aliphatic heterocycles. The van der Waals surface area contributed by atoms with Gasteiger partial charge in [-0.2, -0.15) is 0 Å². The first-order valence-electron chi connectivity index (χ1n) is 9.45. The van der Waals surface area contributed by atoms with E-state index >= 15 is 0 Å². The monoisotopic (exact) mass is 370 g/mol. The van der Waals surface area contributed by atoms with E-state index in [1.807, 2.05) is 49.4 Å². The van der Waals surface area contributed by atoms with E-state index in [4.69, 9.17) is 11.6 Å². The highest BCUT2D eigenvalue weighted by atomic mass is 35.5. The summed E-state index contributed by atoms with van der Waals surface area (Å²) in [5.74, 6) is 0.318. The molecule has 1 fully saturated rings. The second kappa shape index (κ2) is 8.70. The van der Waals surface area contributed by atoms with Crippen molar-refractivity contribution in [2.75, 3.05) is 25.0 Å². The van der Waals surface area contributed by atoms with Crippen molar-refractivity contribution in [3.05, 3.63) is 65.2 Å². The Labute approximate surface area is 161 Å². The summed E-state index contributed by atoms with van der Waals surface area (Å²) in [6, 6.07) is 18.2. The predicted molar refractivity (Wildman–Crippen MR) is 109 cm³/mol. The third-order valence-electron chi connectivity index (χ3n) is 5.35. The van der Waals surface area contributed by atoms with Crippen LogP contribution in [-0.4, -0.2) is 35.9 Å². The van der Waals surface area contributed by atoms with Crippen LogP contribution in [-0.2, 0) is 11.2 Å². The number of nitrogens with zero attached hydrogens (tertiary/aromatic N) is 1. The van der Waals surface area contributed by atoms with Crippen LogP contribution >= 0.6 is 11.6 Å². The number of carbonyl (C=O) groups excluding carboxylic acids is 1. The summed E-state index contributed by atoms with van der Waals surface area (Å²) in [5, 5.41) is 4.33. The molecule has 1 N–H and O–H groups in total. The fourth-order valence-corrected chi connectivity index (χ4v) is 3.83. The second-order valence-corrected chi connectivity index (χ2v) is 7.50. The lowest BCUT2D eigenvalue weighted by molar-refractivity contribution is -0.124. The first-order valence-corrected chi connectivity index (χ1v) is 9.82. The van der Waals surface area contributed by atoms with Gasteiger partial charge in [-0.05, 0) is 49.1 Å². The Kier molecular flexibility index (Phi) is 6.33. The lowest BCUT2D eigenvalue weighted by Crippen LogP contribution is -2.54. The highest BCUT2D eigenvalue weighted by Crippen LogP contribution is 2.29. The molecule has 0 aliphatic carbocycles. The molecule has 4 heteroatoms. The van der Waals surface area contributed by atoms with Crippen LogP contribution in [0.5, 0.6) is 0 Å². The quantitative estimate of drug-likeness (QED) is 0.759. The predicted octanol–water partition coefficient (Wildman–Crippen LogP) is 4.81. The van der Waals surface area contributed by atoms with E-state index in [-0.39, 0.29) is 0 Å². The normalized spacial score (nSPS) is 17.0. The van der Waals surface area contributed by atoms with Crippen molar-refractivity contribution in [2.45, 2.75) is 38.1 Å². The van der Waals surface area contributed by atoms with Crippen LogP contribution in [0.1, 0.15) is 31.7 Å². The van der Waals surface area contributed by atoms with Gasteiger partial charge >= 0.3 is 0 Å². The van der Waals surface area contributed by atoms with Gasteiger partial charge in [0.25, 0.3) is 0 Å². The molecule has 2 aromatic carbocycles. The maximum Gasteiger partial charge on any atom is 0.157 e. The standard InChI is InChI=1S/C22H27ClN2O/c1-2-21(26)22(24-20-6-4-3-5-7-20)13-16-25(17-14-22)15-12-18-8-10-19(23)11-9-18/h3-11,24H,2,12-17H2,1H3. The Balaban J connectivity index is 1.59. The van der Waals surface area contributed by atoms with Crippen molar-refractivity contribution >= 4 is 23.1 Å². The van der Waals surface area contributed by atoms with Crippen LogP contribution in [0.2, 0.25) is 5.02 Å². The van der Waals surface area contributed by atoms with Gasteiger partial charge in [-0.15, -0.1) is 0 Å². The van der Waals surface area contributed by atoms with E-state index in [9.17, 15) is 4.79 Å². The second-order valence-electron chi connectivity index (χ2n) is 7.07. The van der Waals surface area contributed by atoms with Crippen LogP contribution < -0.4 is 5.32 Å². The minimum atomic E-state index is -0.424. The summed E-state index contributed by atoms with van der Waals surface area (Å²) >= 11 is 5.95. The number of hydrogen-bond donors (Lipinski definition) is 1. The first kappa shape index (κ1) is 18.9. The van der Waals surface area contributed by atoms with Gasteiger partial charge < -0.3 is 10.2 Å². The molecule has 0 aromatic heterocycles. The molecule has 138 valence electrons. The van der Waals surface area contributed by atoms with Gasteiger partial charge in [0.1, 0.15) is 0 Å². The average molecular weight is 371 g/mol. The highest BCUT2D eigenvalue weighted by Gasteiger charge is 2.39. The van der Waals surface area contributed by atoms with Crippen molar-refractivity contribution in [2.24, 2.45) is 0 Å². The van der Waals surface area contributed by atoms with Crippen LogP contribution in [0, 0.1) is 0 Å². The molecule has 2 aromatic rings. The molecule has 0 spiro atoms. The molecule has 1 heterocycles. The van der Waals surface area contributed by atoms with Gasteiger partial charge in [-0.3, -0.25) is 4.79 Å². The minimum absolute atomic E-state index is 0.318. The fourth-order valence-electron chi connectivity index (χ4n) is 3.71. The van der Waals surface area contributed by atoms with Gasteiger partial charge in [-0.1, -0.05) is 48.9 Å². The SMILES string of the molecule is CCC(=O)C1(Nc2ccccc2)CCN(CCc2ccc(Cl)cc2)CC1. The van der Waals surface area contributed by atoms with Gasteiger partial charge in [0.15, 0.2) is 5.78 Å². The number of carbonyl (C=O) groups is 1. The summed E-state index contributed by atoms with van der Waals surface area (Å²) in [7, 11) is 0. The van der Waals surface area contributed by atoms with E-state index in [1.165, 1.54) is 5.56 Å². The molecule has 0 unspecified atom stereocenters. The molecule has 0 bridgehead atoms. The lowest BCUT2D eigenvalue weighted by atomic mass is 9.82. The van der Waals surface area contributed by atoms with Crippen molar-refractivity contribution in [3.8, 4) is 0 Å². The first-order chi connectivity index (χ1) is 12.6. The maximum absolute atomic E-state index is 12.7. The summed E-state index contributed by atoms with van der Waals surface area (Å²) in [5.41, 5.74) is 1.91. The fraction of sp³-hybridized carbons (Fsp3) is 0.409. The van der Waals surface area contributed by atoms with Gasteiger partial charge in [-0.25, -0.2) is 0 Å². The number of nitrogens with one attached hydrogen (secondary N) is 1. The molecule has 0 amide bonds. The summed E-state index contributed by atoms with van der Waals surface area (Å²) in [6.45, 7) is 4.87. The van der Waals surface area contributed by atoms with Crippen molar-refractivity contribution in [1.82, 2.24) is 4.90 Å². The molecule has 0 saturated carbocycles. The van der Waals surface area contributed by atoms with E-state index in [2.05, 4.69) is 22.3 Å². The zero-order valence-corrected chi connectivity index (χ0v) is 16.1. The number of halogens is 1. The number of Topliss-reactive ketones (excluding diaryl/α,β-unsaturated/α-hetero) is 1. The number of rotatable bonds is 7. The number of hydrogen-bond acceptors (Lipinski definition) is 3. The molecular weight excluding hydrogens is 344 g/mol. The Morgan fingerprint density at radius 2 is 1.73 bits per heavy atom. The largest absolute Gasteiger partial charge is 0.373 e. The number of anilines is 1. The summed E-state index contributed by atoms with van der Waals surface area (Å²) in [6.07, 6.45) is 3.30. The molecule has 1 aliphatic rings. The third-order valence-corrected chi connectivity index (χ3v) is 5.60. The third kappa shape index (κ3) is 4.66. The Bertz CT molecular complexity index is 707. The highest BCUT2D eigenvalue weighted by molar-refractivity contribution is 6.30. The molecule has 0 atom stereocenters. The van der Waals surface area contributed by atoms with Crippen LogP contribution in [0.25, 0.3) is 0 Å². The van der Waals surface area contributed by atoms with Gasteiger partial charge in [0.2, 0.25) is 0 Å². The van der Waals surface area contributed by atoms with E-state index in [0.29, 0.717) is 12.2 Å². The minimum Gasteiger partial charge on any atom is -0.373 e. The van der Waals surface area contributed by atoms with Crippen molar-refractivity contribution < 1.29 is 4.79 Å². The number of para-hydroxylation sites is 1. The smallest absolute Gasteiger partial charge is 0.157 e. The Morgan fingerprint density at radius 3 is 2.35 bits per heavy atom.